The molecule has 106 valence electrons. The van der Waals surface area contributed by atoms with Crippen LogP contribution < -0.4 is 4.90 Å². The molecule has 1 aromatic carbocycles. The second-order valence-corrected chi connectivity index (χ2v) is 5.62. The number of aliphatic carboxylic acids is 1. The van der Waals surface area contributed by atoms with Crippen LogP contribution in [0.15, 0.2) is 23.1 Å². The van der Waals surface area contributed by atoms with Gasteiger partial charge >= 0.3 is 5.97 Å². The van der Waals surface area contributed by atoms with E-state index in [1.165, 1.54) is 0 Å². The number of benzene rings is 1. The lowest BCUT2D eigenvalue weighted by molar-refractivity contribution is -0.141. The molecule has 2 rings (SSSR count). The van der Waals surface area contributed by atoms with Gasteiger partial charge in [-0.05, 0) is 17.9 Å². The van der Waals surface area contributed by atoms with Gasteiger partial charge in [0.2, 0.25) is 0 Å². The molecule has 1 aliphatic heterocycles. The molecule has 0 aliphatic carbocycles. The Bertz CT molecular complexity index is 542. The summed E-state index contributed by atoms with van der Waals surface area (Å²) in [6, 6.07) is 7.04. The van der Waals surface area contributed by atoms with Gasteiger partial charge < -0.3 is 14.7 Å². The lowest BCUT2D eigenvalue weighted by Crippen LogP contribution is -2.50. The van der Waals surface area contributed by atoms with Crippen LogP contribution in [-0.4, -0.2) is 42.6 Å². The number of carboxylic acids is 1. The zero-order valence-electron chi connectivity index (χ0n) is 11.2. The first-order valence-electron chi connectivity index (χ1n) is 6.42. The molecule has 0 bridgehead atoms. The molecule has 1 fully saturated rings. The van der Waals surface area contributed by atoms with E-state index in [4.69, 9.17) is 4.74 Å². The summed E-state index contributed by atoms with van der Waals surface area (Å²) in [6.45, 7) is 3.12. The smallest absolute Gasteiger partial charge is 0.328 e. The van der Waals surface area contributed by atoms with Gasteiger partial charge in [-0.1, -0.05) is 13.0 Å². The van der Waals surface area contributed by atoms with Crippen molar-refractivity contribution in [1.82, 2.24) is 0 Å². The number of morpholine rings is 1. The summed E-state index contributed by atoms with van der Waals surface area (Å²) in [5.74, 6) is -0.0639. The molecule has 1 heterocycles. The van der Waals surface area contributed by atoms with E-state index in [9.17, 15) is 15.2 Å². The Labute approximate surface area is 122 Å². The van der Waals surface area contributed by atoms with Crippen molar-refractivity contribution in [2.45, 2.75) is 17.9 Å². The van der Waals surface area contributed by atoms with E-state index >= 15 is 0 Å². The van der Waals surface area contributed by atoms with Crippen LogP contribution in [0.1, 0.15) is 12.5 Å². The minimum absolute atomic E-state index is 0.144. The maximum atomic E-state index is 11.3. The number of anilines is 1. The summed E-state index contributed by atoms with van der Waals surface area (Å²) in [5.41, 5.74) is 1.23. The number of nitriles is 1. The average molecular weight is 292 g/mol. The third kappa shape index (κ3) is 2.89. The molecule has 0 amide bonds. The first-order valence-corrected chi connectivity index (χ1v) is 7.40. The van der Waals surface area contributed by atoms with Crippen molar-refractivity contribution in [2.24, 2.45) is 0 Å². The Hall–Kier alpha value is -1.71. The molecule has 1 unspecified atom stereocenters. The predicted octanol–water partition coefficient (Wildman–Crippen LogP) is 1.96. The SMILES string of the molecule is CCSc1cccc(N2CCOCC2C(=O)O)c1C#N. The highest BCUT2D eigenvalue weighted by atomic mass is 32.2. The minimum atomic E-state index is -0.929. The molecule has 5 nitrogen and oxygen atoms in total. The Morgan fingerprint density at radius 1 is 1.65 bits per heavy atom. The zero-order valence-corrected chi connectivity index (χ0v) is 12.0. The van der Waals surface area contributed by atoms with E-state index in [0.29, 0.717) is 24.4 Å². The second kappa shape index (κ2) is 6.64. The van der Waals surface area contributed by atoms with Crippen LogP contribution in [0, 0.1) is 11.3 Å². The van der Waals surface area contributed by atoms with Crippen LogP contribution in [0.3, 0.4) is 0 Å². The zero-order chi connectivity index (χ0) is 14.5. The van der Waals surface area contributed by atoms with Crippen LogP contribution in [0.5, 0.6) is 0 Å². The number of carboxylic acid groups (broad SMARTS) is 1. The average Bonchev–Trinajstić information content (AvgIpc) is 2.47. The Kier molecular flexibility index (Phi) is 4.88. The van der Waals surface area contributed by atoms with Crippen LogP contribution in [0.25, 0.3) is 0 Å². The number of nitrogens with zero attached hydrogens (tertiary/aromatic N) is 2. The third-order valence-electron chi connectivity index (χ3n) is 3.14. The van der Waals surface area contributed by atoms with Crippen molar-refractivity contribution >= 4 is 23.4 Å². The largest absolute Gasteiger partial charge is 0.480 e. The fraction of sp³-hybridized carbons (Fsp3) is 0.429. The van der Waals surface area contributed by atoms with Crippen molar-refractivity contribution in [2.75, 3.05) is 30.4 Å². The van der Waals surface area contributed by atoms with E-state index < -0.39 is 12.0 Å². The van der Waals surface area contributed by atoms with Crippen LogP contribution >= 0.6 is 11.8 Å². The summed E-state index contributed by atoms with van der Waals surface area (Å²) in [4.78, 5) is 14.0. The number of ether oxygens (including phenoxy) is 1. The van der Waals surface area contributed by atoms with Crippen molar-refractivity contribution in [3.8, 4) is 6.07 Å². The van der Waals surface area contributed by atoms with Crippen molar-refractivity contribution in [3.63, 3.8) is 0 Å². The Morgan fingerprint density at radius 3 is 3.10 bits per heavy atom. The van der Waals surface area contributed by atoms with Crippen molar-refractivity contribution < 1.29 is 14.6 Å². The maximum Gasteiger partial charge on any atom is 0.328 e. The number of thioether (sulfide) groups is 1. The molecule has 20 heavy (non-hydrogen) atoms. The fourth-order valence-corrected chi connectivity index (χ4v) is 3.02. The van der Waals surface area contributed by atoms with Gasteiger partial charge in [0.05, 0.1) is 24.5 Å². The highest BCUT2D eigenvalue weighted by molar-refractivity contribution is 7.99. The monoisotopic (exact) mass is 292 g/mol. The molecule has 1 N–H and O–H groups in total. The lowest BCUT2D eigenvalue weighted by atomic mass is 10.1. The van der Waals surface area contributed by atoms with Gasteiger partial charge in [0.15, 0.2) is 6.04 Å². The van der Waals surface area contributed by atoms with Crippen LogP contribution in [-0.2, 0) is 9.53 Å². The van der Waals surface area contributed by atoms with E-state index in [0.717, 1.165) is 10.6 Å². The van der Waals surface area contributed by atoms with Gasteiger partial charge in [-0.3, -0.25) is 0 Å². The standard InChI is InChI=1S/C14H16N2O3S/c1-2-20-13-5-3-4-11(10(13)8-15)16-6-7-19-9-12(16)14(17)18/h3-5,12H,2,6-7,9H2,1H3,(H,17,18). The molecule has 0 radical (unpaired) electrons. The fourth-order valence-electron chi connectivity index (χ4n) is 2.24. The number of hydrogen-bond acceptors (Lipinski definition) is 5. The molecule has 0 saturated carbocycles. The number of carbonyl (C=O) groups is 1. The normalized spacial score (nSPS) is 18.6. The molecule has 6 heteroatoms. The summed E-state index contributed by atoms with van der Waals surface area (Å²) in [6.07, 6.45) is 0. The highest BCUT2D eigenvalue weighted by Gasteiger charge is 2.31. The van der Waals surface area contributed by atoms with Gasteiger partial charge in [-0.25, -0.2) is 4.79 Å². The molecule has 0 aromatic heterocycles. The first kappa shape index (κ1) is 14.7. The molecular formula is C14H16N2O3S. The third-order valence-corrected chi connectivity index (χ3v) is 4.08. The van der Waals surface area contributed by atoms with Crippen LogP contribution in [0.4, 0.5) is 5.69 Å². The lowest BCUT2D eigenvalue weighted by Gasteiger charge is -2.35. The molecule has 1 aliphatic rings. The molecular weight excluding hydrogens is 276 g/mol. The van der Waals surface area contributed by atoms with Crippen molar-refractivity contribution in [3.05, 3.63) is 23.8 Å². The van der Waals surface area contributed by atoms with Crippen molar-refractivity contribution in [1.29, 1.82) is 5.26 Å². The van der Waals surface area contributed by atoms with E-state index in [1.807, 2.05) is 19.1 Å². The summed E-state index contributed by atoms with van der Waals surface area (Å²) in [5, 5.41) is 18.7. The first-order chi connectivity index (χ1) is 9.69. The molecule has 1 atom stereocenters. The van der Waals surface area contributed by atoms with Gasteiger partial charge in [0, 0.05) is 11.4 Å². The molecule has 1 aromatic rings. The predicted molar refractivity (Wildman–Crippen MR) is 77.1 cm³/mol. The van der Waals surface area contributed by atoms with E-state index in [2.05, 4.69) is 6.07 Å². The summed E-state index contributed by atoms with van der Waals surface area (Å²) >= 11 is 1.59. The summed E-state index contributed by atoms with van der Waals surface area (Å²) in [7, 11) is 0. The number of rotatable bonds is 4. The van der Waals surface area contributed by atoms with Gasteiger partial charge in [-0.2, -0.15) is 5.26 Å². The van der Waals surface area contributed by atoms with Gasteiger partial charge in [0.25, 0.3) is 0 Å². The maximum absolute atomic E-state index is 11.3. The highest BCUT2D eigenvalue weighted by Crippen LogP contribution is 2.32. The Morgan fingerprint density at radius 2 is 2.45 bits per heavy atom. The minimum Gasteiger partial charge on any atom is -0.480 e. The van der Waals surface area contributed by atoms with Gasteiger partial charge in [-0.15, -0.1) is 11.8 Å². The quantitative estimate of drug-likeness (QED) is 0.855. The van der Waals surface area contributed by atoms with Gasteiger partial charge in [0.1, 0.15) is 6.07 Å². The molecule has 0 spiro atoms. The topological polar surface area (TPSA) is 73.6 Å². The molecule has 1 saturated heterocycles. The van der Waals surface area contributed by atoms with E-state index in [-0.39, 0.29) is 6.61 Å². The summed E-state index contributed by atoms with van der Waals surface area (Å²) < 4.78 is 5.24. The number of hydrogen-bond donors (Lipinski definition) is 1. The van der Waals surface area contributed by atoms with E-state index in [1.54, 1.807) is 22.7 Å². The Balaban J connectivity index is 2.42. The second-order valence-electron chi connectivity index (χ2n) is 4.32. The van der Waals surface area contributed by atoms with Crippen LogP contribution in [0.2, 0.25) is 0 Å².